The summed E-state index contributed by atoms with van der Waals surface area (Å²) in [5.74, 6) is 0. The highest BCUT2D eigenvalue weighted by Crippen LogP contribution is 1.79. The van der Waals surface area contributed by atoms with Gasteiger partial charge in [-0.3, -0.25) is 0 Å². The van der Waals surface area contributed by atoms with E-state index in [4.69, 9.17) is 0 Å². The van der Waals surface area contributed by atoms with Crippen LogP contribution in [0.15, 0.2) is 18.7 Å². The van der Waals surface area contributed by atoms with Gasteiger partial charge in [0.2, 0.25) is 6.33 Å². The van der Waals surface area contributed by atoms with E-state index in [1.807, 2.05) is 17.8 Å². The van der Waals surface area contributed by atoms with Crippen molar-refractivity contribution in [3.8, 4) is 0 Å². The van der Waals surface area contributed by atoms with Gasteiger partial charge < -0.3 is 7.43 Å². The maximum Gasteiger partial charge on any atom is 0.243 e. The molecule has 0 atom stereocenters. The largest absolute Gasteiger partial charge is 0.358 e. The van der Waals surface area contributed by atoms with Gasteiger partial charge in [0.1, 0.15) is 12.4 Å². The number of hydrogen-bond donors (Lipinski definition) is 0. The third-order valence-electron chi connectivity index (χ3n) is 1.19. The highest BCUT2D eigenvalue weighted by atomic mass is 15.1. The van der Waals surface area contributed by atoms with E-state index < -0.39 is 0 Å². The number of rotatable bonds is 1. The second kappa shape index (κ2) is 3.28. The van der Waals surface area contributed by atoms with Crippen LogP contribution in [0.5, 0.6) is 0 Å². The molecule has 0 aromatic carbocycles. The zero-order valence-electron chi connectivity index (χ0n) is 6.33. The van der Waals surface area contributed by atoms with Crippen LogP contribution in [-0.4, -0.2) is 4.57 Å². The molecule has 52 valence electrons. The molecule has 1 aromatic heterocycles. The van der Waals surface area contributed by atoms with Crippen LogP contribution in [-0.2, 0) is 13.6 Å². The maximum absolute atomic E-state index is 2.12. The highest BCUT2D eigenvalue weighted by molar-refractivity contribution is 4.63. The highest BCUT2D eigenvalue weighted by Gasteiger charge is 1.92. The fraction of sp³-hybridized carbons (Fsp3) is 0.429. The Bertz CT molecular complexity index is 167. The summed E-state index contributed by atoms with van der Waals surface area (Å²) in [5.41, 5.74) is 0. The fourth-order valence-corrected chi connectivity index (χ4v) is 0.689. The van der Waals surface area contributed by atoms with Gasteiger partial charge in [-0.05, 0) is 6.92 Å². The molecule has 1 rings (SSSR count). The van der Waals surface area contributed by atoms with E-state index in [0.29, 0.717) is 0 Å². The van der Waals surface area contributed by atoms with Crippen molar-refractivity contribution in [2.45, 2.75) is 13.5 Å². The lowest BCUT2D eigenvalue weighted by molar-refractivity contribution is -0.671. The molecule has 1 aromatic rings. The second-order valence-corrected chi connectivity index (χ2v) is 1.91. The van der Waals surface area contributed by atoms with Crippen LogP contribution in [0.3, 0.4) is 0 Å². The third kappa shape index (κ3) is 1.88. The van der Waals surface area contributed by atoms with Gasteiger partial charge >= 0.3 is 0 Å². The first-order chi connectivity index (χ1) is 3.83. The molecule has 0 amide bonds. The molecule has 0 unspecified atom stereocenters. The molecule has 2 heteroatoms. The average Bonchev–Trinajstić information content (AvgIpc) is 2.14. The Morgan fingerprint density at radius 3 is 2.44 bits per heavy atom. The number of aryl methyl sites for hydroxylation is 2. The Balaban J connectivity index is 0.000000640. The summed E-state index contributed by atoms with van der Waals surface area (Å²) in [4.78, 5) is 0. The summed E-state index contributed by atoms with van der Waals surface area (Å²) in [6, 6.07) is 0. The molecule has 0 N–H and O–H groups in total. The predicted octanol–water partition coefficient (Wildman–Crippen LogP) is 0.783. The summed E-state index contributed by atoms with van der Waals surface area (Å²) in [7, 11) is 2.02. The zero-order valence-corrected chi connectivity index (χ0v) is 6.33. The first-order valence-electron chi connectivity index (χ1n) is 2.84. The molecule has 9 heavy (non-hydrogen) atoms. The number of aromatic nitrogens is 2. The van der Waals surface area contributed by atoms with Crippen LogP contribution in [0.4, 0.5) is 0 Å². The van der Waals surface area contributed by atoms with Gasteiger partial charge in [-0.2, -0.15) is 0 Å². The van der Waals surface area contributed by atoms with E-state index in [9.17, 15) is 0 Å². The monoisotopic (exact) mass is 126 g/mol. The minimum Gasteiger partial charge on any atom is -0.358 e. The Hall–Kier alpha value is -0.790. The van der Waals surface area contributed by atoms with Crippen molar-refractivity contribution in [2.24, 2.45) is 7.05 Å². The van der Waals surface area contributed by atoms with Crippen molar-refractivity contribution in [3.05, 3.63) is 26.1 Å². The van der Waals surface area contributed by atoms with Crippen molar-refractivity contribution in [2.75, 3.05) is 0 Å². The molecule has 0 aliphatic heterocycles. The van der Waals surface area contributed by atoms with Crippen LogP contribution >= 0.6 is 0 Å². The van der Waals surface area contributed by atoms with E-state index in [1.165, 1.54) is 0 Å². The maximum atomic E-state index is 2.12. The lowest BCUT2D eigenvalue weighted by Crippen LogP contribution is -2.23. The van der Waals surface area contributed by atoms with Gasteiger partial charge in [0.15, 0.2) is 0 Å². The Kier molecular flexibility index (Phi) is 2.99. The number of hydrogen-bond acceptors (Lipinski definition) is 0. The lowest BCUT2D eigenvalue weighted by Gasteiger charge is -1.81. The predicted molar refractivity (Wildman–Crippen MR) is 37.7 cm³/mol. The van der Waals surface area contributed by atoms with Gasteiger partial charge in [-0.15, -0.1) is 0 Å². The van der Waals surface area contributed by atoms with Crippen LogP contribution < -0.4 is 4.57 Å². The molecule has 0 bridgehead atoms. The number of imidazole rings is 1. The summed E-state index contributed by atoms with van der Waals surface area (Å²) in [5, 5.41) is 0. The topological polar surface area (TPSA) is 8.81 Å². The molecule has 0 saturated carbocycles. The molecule has 0 aliphatic rings. The van der Waals surface area contributed by atoms with Crippen LogP contribution in [0, 0.1) is 7.43 Å². The van der Waals surface area contributed by atoms with Gasteiger partial charge in [-0.25, -0.2) is 9.13 Å². The standard InChI is InChI=1S/C6H11N2.CH3/c1-3-8-5-4-7(2)6-8;/h4-6H,3H2,1-2H3;1H3/q+1;-1. The quantitative estimate of drug-likeness (QED) is 0.388. The molecule has 1 heterocycles. The van der Waals surface area contributed by atoms with E-state index in [0.717, 1.165) is 6.54 Å². The minimum absolute atomic E-state index is 0. The zero-order chi connectivity index (χ0) is 5.98. The van der Waals surface area contributed by atoms with Crippen LogP contribution in [0.1, 0.15) is 6.92 Å². The molecule has 0 fully saturated rings. The molecule has 0 aliphatic carbocycles. The first-order valence-corrected chi connectivity index (χ1v) is 2.84. The molecular weight excluding hydrogens is 112 g/mol. The molecule has 0 saturated heterocycles. The van der Waals surface area contributed by atoms with Gasteiger partial charge in [0.05, 0.1) is 13.6 Å². The van der Waals surface area contributed by atoms with Gasteiger partial charge in [-0.1, -0.05) is 0 Å². The Morgan fingerprint density at radius 2 is 2.22 bits per heavy atom. The summed E-state index contributed by atoms with van der Waals surface area (Å²) in [6.45, 7) is 3.18. The summed E-state index contributed by atoms with van der Waals surface area (Å²) >= 11 is 0. The summed E-state index contributed by atoms with van der Waals surface area (Å²) in [6.07, 6.45) is 6.14. The Morgan fingerprint density at radius 1 is 1.56 bits per heavy atom. The minimum atomic E-state index is 0. The Labute approximate surface area is 56.7 Å². The number of nitrogens with zero attached hydrogens (tertiary/aromatic N) is 2. The normalized spacial score (nSPS) is 8.67. The summed E-state index contributed by atoms with van der Waals surface area (Å²) < 4.78 is 4.16. The third-order valence-corrected chi connectivity index (χ3v) is 1.19. The molecule has 2 nitrogen and oxygen atoms in total. The van der Waals surface area contributed by atoms with Crippen molar-refractivity contribution >= 4 is 0 Å². The SMILES string of the molecule is CCn1cc[n+](C)c1.[CH3-]. The fourth-order valence-electron chi connectivity index (χ4n) is 0.689. The van der Waals surface area contributed by atoms with Crippen molar-refractivity contribution in [1.29, 1.82) is 0 Å². The molecular formula is C7H14N2. The second-order valence-electron chi connectivity index (χ2n) is 1.91. The lowest BCUT2D eigenvalue weighted by atomic mass is 10.7. The van der Waals surface area contributed by atoms with E-state index in [1.54, 1.807) is 0 Å². The van der Waals surface area contributed by atoms with Crippen molar-refractivity contribution < 1.29 is 4.57 Å². The molecule has 0 radical (unpaired) electrons. The average molecular weight is 126 g/mol. The van der Waals surface area contributed by atoms with Crippen LogP contribution in [0.25, 0.3) is 0 Å². The van der Waals surface area contributed by atoms with E-state index in [2.05, 4.69) is 24.0 Å². The van der Waals surface area contributed by atoms with E-state index in [-0.39, 0.29) is 7.43 Å². The van der Waals surface area contributed by atoms with Gasteiger partial charge in [0.25, 0.3) is 0 Å². The van der Waals surface area contributed by atoms with E-state index >= 15 is 0 Å². The molecule has 0 spiro atoms. The van der Waals surface area contributed by atoms with Gasteiger partial charge in [0, 0.05) is 0 Å². The van der Waals surface area contributed by atoms with Crippen LogP contribution in [0.2, 0.25) is 0 Å². The van der Waals surface area contributed by atoms with Crippen molar-refractivity contribution in [1.82, 2.24) is 4.57 Å². The van der Waals surface area contributed by atoms with Crippen molar-refractivity contribution in [3.63, 3.8) is 0 Å². The first kappa shape index (κ1) is 8.21. The smallest absolute Gasteiger partial charge is 0.243 e.